The van der Waals surface area contributed by atoms with Crippen LogP contribution in [0.15, 0.2) is 29.2 Å². The monoisotopic (exact) mass is 301 g/mol. The molecular weight excluding hydrogens is 282 g/mol. The van der Waals surface area contributed by atoms with Gasteiger partial charge in [-0.05, 0) is 24.6 Å². The Morgan fingerprint density at radius 3 is 2.60 bits per heavy atom. The normalized spacial score (nSPS) is 21.6. The maximum absolute atomic E-state index is 12.1. The van der Waals surface area contributed by atoms with Gasteiger partial charge in [-0.2, -0.15) is 0 Å². The Labute approximate surface area is 118 Å². The molecule has 1 aromatic rings. The van der Waals surface area contributed by atoms with E-state index in [0.717, 1.165) is 0 Å². The minimum atomic E-state index is -3.57. The average molecular weight is 301 g/mol. The topological polar surface area (TPSA) is 84.9 Å². The van der Waals surface area contributed by atoms with Crippen LogP contribution in [0.5, 0.6) is 0 Å². The lowest BCUT2D eigenvalue weighted by molar-refractivity contribution is -0.0846. The maximum atomic E-state index is 12.1. The van der Waals surface area contributed by atoms with Crippen molar-refractivity contribution >= 4 is 10.0 Å². The van der Waals surface area contributed by atoms with Gasteiger partial charge in [-0.15, -0.1) is 0 Å². The van der Waals surface area contributed by atoms with Gasteiger partial charge in [0.2, 0.25) is 10.0 Å². The van der Waals surface area contributed by atoms with Gasteiger partial charge in [0.1, 0.15) is 0 Å². The molecule has 7 heteroatoms. The number of aliphatic hydroxyl groups excluding tert-OH is 1. The van der Waals surface area contributed by atoms with Crippen molar-refractivity contribution in [2.75, 3.05) is 26.4 Å². The number of ether oxygens (including phenoxy) is 2. The summed E-state index contributed by atoms with van der Waals surface area (Å²) in [6.07, 6.45) is -0.872. The van der Waals surface area contributed by atoms with Gasteiger partial charge < -0.3 is 14.6 Å². The van der Waals surface area contributed by atoms with Gasteiger partial charge in [0.25, 0.3) is 0 Å². The summed E-state index contributed by atoms with van der Waals surface area (Å²) >= 11 is 0. The van der Waals surface area contributed by atoms with Gasteiger partial charge in [0.15, 0.2) is 0 Å². The standard InChI is InChI=1S/C13H19NO5S/c1-10(15)11-2-4-13(5-3-11)20(16,17)14-8-12-9-18-6-7-19-12/h2-5,10,12,14-15H,6-9H2,1H3. The molecule has 1 fully saturated rings. The van der Waals surface area contributed by atoms with Crippen molar-refractivity contribution in [1.29, 1.82) is 0 Å². The number of hydrogen-bond acceptors (Lipinski definition) is 5. The second-order valence-corrected chi connectivity index (χ2v) is 6.43. The molecule has 20 heavy (non-hydrogen) atoms. The molecule has 6 nitrogen and oxygen atoms in total. The summed E-state index contributed by atoms with van der Waals surface area (Å²) in [6, 6.07) is 6.14. The van der Waals surface area contributed by atoms with E-state index in [2.05, 4.69) is 4.72 Å². The van der Waals surface area contributed by atoms with E-state index in [9.17, 15) is 13.5 Å². The summed E-state index contributed by atoms with van der Waals surface area (Å²) in [6.45, 7) is 3.23. The number of sulfonamides is 1. The molecule has 2 unspecified atom stereocenters. The third-order valence-electron chi connectivity index (χ3n) is 3.06. The summed E-state index contributed by atoms with van der Waals surface area (Å²) < 4.78 is 37.3. The van der Waals surface area contributed by atoms with Crippen LogP contribution in [0.1, 0.15) is 18.6 Å². The molecule has 2 atom stereocenters. The zero-order chi connectivity index (χ0) is 14.6. The molecule has 2 N–H and O–H groups in total. The van der Waals surface area contributed by atoms with Crippen LogP contribution in [0.4, 0.5) is 0 Å². The van der Waals surface area contributed by atoms with E-state index in [1.807, 2.05) is 0 Å². The van der Waals surface area contributed by atoms with E-state index in [0.29, 0.717) is 25.4 Å². The molecule has 1 aromatic carbocycles. The summed E-state index contributed by atoms with van der Waals surface area (Å²) in [5.41, 5.74) is 0.674. The first kappa shape index (κ1) is 15.4. The number of rotatable bonds is 5. The quantitative estimate of drug-likeness (QED) is 0.824. The fourth-order valence-electron chi connectivity index (χ4n) is 1.87. The highest BCUT2D eigenvalue weighted by Gasteiger charge is 2.19. The molecule has 1 aliphatic rings. The van der Waals surface area contributed by atoms with Crippen LogP contribution in [0.25, 0.3) is 0 Å². The van der Waals surface area contributed by atoms with E-state index < -0.39 is 16.1 Å². The molecule has 0 saturated carbocycles. The van der Waals surface area contributed by atoms with Crippen LogP contribution in [0.3, 0.4) is 0 Å². The number of nitrogens with one attached hydrogen (secondary N) is 1. The van der Waals surface area contributed by atoms with Crippen LogP contribution < -0.4 is 4.72 Å². The van der Waals surface area contributed by atoms with Crippen molar-refractivity contribution in [2.24, 2.45) is 0 Å². The maximum Gasteiger partial charge on any atom is 0.240 e. The van der Waals surface area contributed by atoms with Crippen LogP contribution in [-0.4, -0.2) is 46.0 Å². The Bertz CT molecular complexity index is 520. The SMILES string of the molecule is CC(O)c1ccc(S(=O)(=O)NCC2COCCO2)cc1. The van der Waals surface area contributed by atoms with Crippen LogP contribution in [-0.2, 0) is 19.5 Å². The molecule has 0 amide bonds. The lowest BCUT2D eigenvalue weighted by Crippen LogP contribution is -2.39. The smallest absolute Gasteiger partial charge is 0.240 e. The highest BCUT2D eigenvalue weighted by atomic mass is 32.2. The summed E-state index contributed by atoms with van der Waals surface area (Å²) in [4.78, 5) is 0.165. The highest BCUT2D eigenvalue weighted by Crippen LogP contribution is 2.15. The number of aliphatic hydroxyl groups is 1. The van der Waals surface area contributed by atoms with E-state index in [-0.39, 0.29) is 17.5 Å². The van der Waals surface area contributed by atoms with Crippen molar-refractivity contribution in [3.05, 3.63) is 29.8 Å². The minimum Gasteiger partial charge on any atom is -0.389 e. The summed E-state index contributed by atoms with van der Waals surface area (Å²) in [5, 5.41) is 9.40. The molecule has 112 valence electrons. The fraction of sp³-hybridized carbons (Fsp3) is 0.538. The average Bonchev–Trinajstić information content (AvgIpc) is 2.46. The van der Waals surface area contributed by atoms with Crippen molar-refractivity contribution in [3.63, 3.8) is 0 Å². The Hall–Kier alpha value is -0.990. The third kappa shape index (κ3) is 4.00. The molecule has 1 aliphatic heterocycles. The predicted molar refractivity (Wildman–Crippen MR) is 72.8 cm³/mol. The zero-order valence-corrected chi connectivity index (χ0v) is 12.1. The first-order valence-electron chi connectivity index (χ1n) is 6.46. The van der Waals surface area contributed by atoms with E-state index >= 15 is 0 Å². The zero-order valence-electron chi connectivity index (χ0n) is 11.3. The van der Waals surface area contributed by atoms with Crippen molar-refractivity contribution in [2.45, 2.75) is 24.0 Å². The predicted octanol–water partition coefficient (Wildman–Crippen LogP) is 0.434. The molecule has 0 spiro atoms. The molecular formula is C13H19NO5S. The minimum absolute atomic E-state index is 0.165. The van der Waals surface area contributed by atoms with Crippen molar-refractivity contribution in [3.8, 4) is 0 Å². The van der Waals surface area contributed by atoms with Gasteiger partial charge in [0.05, 0.1) is 36.9 Å². The summed E-state index contributed by atoms with van der Waals surface area (Å²) in [5.74, 6) is 0. The van der Waals surface area contributed by atoms with Gasteiger partial charge in [0, 0.05) is 6.54 Å². The largest absolute Gasteiger partial charge is 0.389 e. The van der Waals surface area contributed by atoms with Crippen molar-refractivity contribution < 1.29 is 23.0 Å². The van der Waals surface area contributed by atoms with Crippen LogP contribution in [0.2, 0.25) is 0 Å². The lowest BCUT2D eigenvalue weighted by atomic mass is 10.1. The molecule has 1 heterocycles. The first-order chi connectivity index (χ1) is 9.49. The van der Waals surface area contributed by atoms with E-state index in [1.54, 1.807) is 19.1 Å². The second kappa shape index (κ2) is 6.64. The molecule has 0 aromatic heterocycles. The number of hydrogen-bond donors (Lipinski definition) is 2. The Kier molecular flexibility index (Phi) is 5.11. The lowest BCUT2D eigenvalue weighted by Gasteiger charge is -2.23. The van der Waals surface area contributed by atoms with Gasteiger partial charge >= 0.3 is 0 Å². The van der Waals surface area contributed by atoms with Gasteiger partial charge in [-0.1, -0.05) is 12.1 Å². The molecule has 1 saturated heterocycles. The van der Waals surface area contributed by atoms with Crippen LogP contribution in [0, 0.1) is 0 Å². The molecule has 0 radical (unpaired) electrons. The third-order valence-corrected chi connectivity index (χ3v) is 4.50. The Morgan fingerprint density at radius 1 is 1.35 bits per heavy atom. The number of benzene rings is 1. The van der Waals surface area contributed by atoms with E-state index in [4.69, 9.17) is 9.47 Å². The van der Waals surface area contributed by atoms with E-state index in [1.165, 1.54) is 12.1 Å². The fourth-order valence-corrected chi connectivity index (χ4v) is 2.93. The highest BCUT2D eigenvalue weighted by molar-refractivity contribution is 7.89. The van der Waals surface area contributed by atoms with Crippen molar-refractivity contribution in [1.82, 2.24) is 4.72 Å². The Morgan fingerprint density at radius 2 is 2.05 bits per heavy atom. The Balaban J connectivity index is 1.98. The second-order valence-electron chi connectivity index (χ2n) is 4.66. The van der Waals surface area contributed by atoms with Crippen LogP contribution >= 0.6 is 0 Å². The summed E-state index contributed by atoms with van der Waals surface area (Å²) in [7, 11) is -3.57. The molecule has 0 bridgehead atoms. The van der Waals surface area contributed by atoms with Gasteiger partial charge in [-0.25, -0.2) is 13.1 Å². The molecule has 2 rings (SSSR count). The van der Waals surface area contributed by atoms with Gasteiger partial charge in [-0.3, -0.25) is 0 Å². The first-order valence-corrected chi connectivity index (χ1v) is 7.94. The molecule has 0 aliphatic carbocycles.